The first kappa shape index (κ1) is 14.8. The fourth-order valence-corrected chi connectivity index (χ4v) is 2.44. The molecule has 2 heterocycles. The Balaban J connectivity index is 1.58. The van der Waals surface area contributed by atoms with Crippen LogP contribution in [0.2, 0.25) is 0 Å². The summed E-state index contributed by atoms with van der Waals surface area (Å²) in [6, 6.07) is 13.0. The van der Waals surface area contributed by atoms with Gasteiger partial charge in [-0.05, 0) is 12.1 Å². The molecule has 2 aromatic rings. The number of rotatable bonds is 2. The van der Waals surface area contributed by atoms with Crippen molar-refractivity contribution in [1.82, 2.24) is 14.9 Å². The van der Waals surface area contributed by atoms with E-state index in [1.807, 2.05) is 36.4 Å². The molecule has 1 aliphatic heterocycles. The molecular formula is C16H16N6O. The summed E-state index contributed by atoms with van der Waals surface area (Å²) in [5, 5.41) is 11.8. The molecule has 1 saturated heterocycles. The summed E-state index contributed by atoms with van der Waals surface area (Å²) in [5.74, 6) is 0.722. The molecule has 1 fully saturated rings. The van der Waals surface area contributed by atoms with Crippen molar-refractivity contribution in [3.8, 4) is 6.07 Å². The summed E-state index contributed by atoms with van der Waals surface area (Å²) >= 11 is 0. The zero-order valence-corrected chi connectivity index (χ0v) is 12.5. The van der Waals surface area contributed by atoms with E-state index in [0.29, 0.717) is 31.9 Å². The molecule has 0 unspecified atom stereocenters. The van der Waals surface area contributed by atoms with E-state index in [2.05, 4.69) is 20.2 Å². The summed E-state index contributed by atoms with van der Waals surface area (Å²) in [6.45, 7) is 2.54. The molecule has 0 spiro atoms. The highest BCUT2D eigenvalue weighted by Crippen LogP contribution is 2.14. The molecule has 2 amide bonds. The van der Waals surface area contributed by atoms with E-state index in [1.54, 1.807) is 11.0 Å². The van der Waals surface area contributed by atoms with Crippen LogP contribution in [0.4, 0.5) is 16.3 Å². The molecule has 0 bridgehead atoms. The number of hydrogen-bond acceptors (Lipinski definition) is 5. The minimum Gasteiger partial charge on any atom is -0.353 e. The molecule has 1 N–H and O–H groups in total. The van der Waals surface area contributed by atoms with E-state index in [9.17, 15) is 4.79 Å². The number of nitrogens with zero attached hydrogens (tertiary/aromatic N) is 5. The quantitative estimate of drug-likeness (QED) is 0.912. The number of amides is 2. The van der Waals surface area contributed by atoms with Gasteiger partial charge in [0.1, 0.15) is 23.9 Å². The fraction of sp³-hybridized carbons (Fsp3) is 0.250. The predicted octanol–water partition coefficient (Wildman–Crippen LogP) is 1.70. The van der Waals surface area contributed by atoms with E-state index in [1.165, 1.54) is 6.33 Å². The zero-order chi connectivity index (χ0) is 16.1. The van der Waals surface area contributed by atoms with Gasteiger partial charge < -0.3 is 15.1 Å². The maximum Gasteiger partial charge on any atom is 0.321 e. The Morgan fingerprint density at radius 2 is 1.87 bits per heavy atom. The molecule has 0 aliphatic carbocycles. The van der Waals surface area contributed by atoms with Gasteiger partial charge in [0.2, 0.25) is 0 Å². The van der Waals surface area contributed by atoms with E-state index in [4.69, 9.17) is 5.26 Å². The number of anilines is 2. The summed E-state index contributed by atoms with van der Waals surface area (Å²) in [6.07, 6.45) is 1.39. The predicted molar refractivity (Wildman–Crippen MR) is 86.0 cm³/mol. The molecule has 1 aliphatic rings. The molecule has 1 aromatic heterocycles. The van der Waals surface area contributed by atoms with Crippen molar-refractivity contribution < 1.29 is 4.79 Å². The number of piperazine rings is 1. The van der Waals surface area contributed by atoms with E-state index >= 15 is 0 Å². The second-order valence-corrected chi connectivity index (χ2v) is 5.14. The number of benzene rings is 1. The third-order valence-electron chi connectivity index (χ3n) is 3.68. The smallest absolute Gasteiger partial charge is 0.321 e. The Bertz CT molecular complexity index is 719. The number of nitriles is 1. The second kappa shape index (κ2) is 6.75. The van der Waals surface area contributed by atoms with Gasteiger partial charge in [-0.1, -0.05) is 18.2 Å². The molecule has 7 heteroatoms. The summed E-state index contributed by atoms with van der Waals surface area (Å²) in [4.78, 5) is 24.1. The summed E-state index contributed by atoms with van der Waals surface area (Å²) in [7, 11) is 0. The van der Waals surface area contributed by atoms with Crippen LogP contribution in [0.3, 0.4) is 0 Å². The fourth-order valence-electron chi connectivity index (χ4n) is 2.44. The van der Waals surface area contributed by atoms with E-state index < -0.39 is 0 Å². The Labute approximate surface area is 134 Å². The minimum absolute atomic E-state index is 0.101. The number of para-hydroxylation sites is 1. The molecular weight excluding hydrogens is 292 g/mol. The second-order valence-electron chi connectivity index (χ2n) is 5.14. The molecule has 116 valence electrons. The lowest BCUT2D eigenvalue weighted by Gasteiger charge is -2.35. The third kappa shape index (κ3) is 3.55. The standard InChI is InChI=1S/C16H16N6O/c17-11-14-10-15(19-12-18-14)21-6-8-22(9-7-21)16(23)20-13-4-2-1-3-5-13/h1-5,10,12H,6-9H2,(H,20,23). The van der Waals surface area contributed by atoms with Gasteiger partial charge in [-0.2, -0.15) is 5.26 Å². The van der Waals surface area contributed by atoms with Gasteiger partial charge >= 0.3 is 6.03 Å². The molecule has 23 heavy (non-hydrogen) atoms. The molecule has 7 nitrogen and oxygen atoms in total. The first-order valence-corrected chi connectivity index (χ1v) is 7.34. The molecule has 0 atom stereocenters. The van der Waals surface area contributed by atoms with Gasteiger partial charge in [-0.15, -0.1) is 0 Å². The van der Waals surface area contributed by atoms with Crippen LogP contribution < -0.4 is 10.2 Å². The van der Waals surface area contributed by atoms with Crippen LogP contribution in [0.25, 0.3) is 0 Å². The minimum atomic E-state index is -0.101. The van der Waals surface area contributed by atoms with Crippen LogP contribution in [0, 0.1) is 11.3 Å². The number of urea groups is 1. The topological polar surface area (TPSA) is 85.2 Å². The maximum absolute atomic E-state index is 12.2. The summed E-state index contributed by atoms with van der Waals surface area (Å²) < 4.78 is 0. The van der Waals surface area contributed by atoms with Crippen molar-refractivity contribution in [3.05, 3.63) is 48.4 Å². The van der Waals surface area contributed by atoms with Crippen molar-refractivity contribution in [2.45, 2.75) is 0 Å². The number of carbonyl (C=O) groups is 1. The van der Waals surface area contributed by atoms with Crippen molar-refractivity contribution in [2.24, 2.45) is 0 Å². The van der Waals surface area contributed by atoms with E-state index in [0.717, 1.165) is 11.5 Å². The lowest BCUT2D eigenvalue weighted by Crippen LogP contribution is -2.50. The highest BCUT2D eigenvalue weighted by molar-refractivity contribution is 5.89. The Morgan fingerprint density at radius 3 is 2.57 bits per heavy atom. The number of hydrogen-bond donors (Lipinski definition) is 1. The molecule has 1 aromatic carbocycles. The van der Waals surface area contributed by atoms with Crippen LogP contribution in [0.1, 0.15) is 5.69 Å². The molecule has 0 radical (unpaired) electrons. The Morgan fingerprint density at radius 1 is 1.13 bits per heavy atom. The number of nitrogens with one attached hydrogen (secondary N) is 1. The Hall–Kier alpha value is -3.14. The van der Waals surface area contributed by atoms with Crippen molar-refractivity contribution in [2.75, 3.05) is 36.4 Å². The van der Waals surface area contributed by atoms with Crippen LogP contribution >= 0.6 is 0 Å². The largest absolute Gasteiger partial charge is 0.353 e. The van der Waals surface area contributed by atoms with Crippen LogP contribution in [-0.4, -0.2) is 47.1 Å². The van der Waals surface area contributed by atoms with E-state index in [-0.39, 0.29) is 6.03 Å². The van der Waals surface area contributed by atoms with Gasteiger partial charge in [-0.3, -0.25) is 0 Å². The lowest BCUT2D eigenvalue weighted by atomic mass is 10.3. The van der Waals surface area contributed by atoms with Gasteiger partial charge in [0.15, 0.2) is 0 Å². The van der Waals surface area contributed by atoms with Gasteiger partial charge in [-0.25, -0.2) is 14.8 Å². The molecule has 3 rings (SSSR count). The summed E-state index contributed by atoms with van der Waals surface area (Å²) in [5.41, 5.74) is 1.13. The van der Waals surface area contributed by atoms with Crippen LogP contribution in [0.15, 0.2) is 42.7 Å². The SMILES string of the molecule is N#Cc1cc(N2CCN(C(=O)Nc3ccccc3)CC2)ncn1. The number of aromatic nitrogens is 2. The zero-order valence-electron chi connectivity index (χ0n) is 12.5. The third-order valence-corrected chi connectivity index (χ3v) is 3.68. The average molecular weight is 308 g/mol. The lowest BCUT2D eigenvalue weighted by molar-refractivity contribution is 0.208. The average Bonchev–Trinajstić information content (AvgIpc) is 2.63. The van der Waals surface area contributed by atoms with Crippen molar-refractivity contribution >= 4 is 17.5 Å². The normalized spacial score (nSPS) is 14.2. The van der Waals surface area contributed by atoms with Crippen molar-refractivity contribution in [1.29, 1.82) is 5.26 Å². The highest BCUT2D eigenvalue weighted by Gasteiger charge is 2.22. The van der Waals surface area contributed by atoms with Crippen molar-refractivity contribution in [3.63, 3.8) is 0 Å². The molecule has 0 saturated carbocycles. The van der Waals surface area contributed by atoms with Gasteiger partial charge in [0.25, 0.3) is 0 Å². The first-order valence-electron chi connectivity index (χ1n) is 7.34. The maximum atomic E-state index is 12.2. The van der Waals surface area contributed by atoms with Gasteiger partial charge in [0, 0.05) is 37.9 Å². The number of carbonyl (C=O) groups excluding carboxylic acids is 1. The van der Waals surface area contributed by atoms with Gasteiger partial charge in [0.05, 0.1) is 0 Å². The monoisotopic (exact) mass is 308 g/mol. The van der Waals surface area contributed by atoms with Crippen LogP contribution in [-0.2, 0) is 0 Å². The highest BCUT2D eigenvalue weighted by atomic mass is 16.2. The van der Waals surface area contributed by atoms with Crippen LogP contribution in [0.5, 0.6) is 0 Å². The first-order chi connectivity index (χ1) is 11.3. The Kier molecular flexibility index (Phi) is 4.34.